The van der Waals surface area contributed by atoms with E-state index in [-0.39, 0.29) is 11.9 Å². The van der Waals surface area contributed by atoms with Crippen LogP contribution < -0.4 is 0 Å². The van der Waals surface area contributed by atoms with Gasteiger partial charge in [-0.15, -0.1) is 0 Å². The van der Waals surface area contributed by atoms with E-state index in [1.807, 2.05) is 23.1 Å². The van der Waals surface area contributed by atoms with Gasteiger partial charge in [0.1, 0.15) is 11.4 Å². The van der Waals surface area contributed by atoms with Gasteiger partial charge < -0.3 is 9.47 Å². The number of aromatic nitrogens is 4. The number of fused-ring (bicyclic) bond motifs is 1. The monoisotopic (exact) mass is 335 g/mol. The van der Waals surface area contributed by atoms with E-state index < -0.39 is 0 Å². The maximum atomic E-state index is 13.1. The maximum Gasteiger partial charge on any atom is 0.272 e. The fraction of sp³-hybridized carbons (Fsp3) is 0.316. The van der Waals surface area contributed by atoms with Crippen LogP contribution in [0.5, 0.6) is 0 Å². The van der Waals surface area contributed by atoms with E-state index >= 15 is 0 Å². The standard InChI is InChI=1S/C19H21N5O/c1-3-17-18-8-7-13(2)23(18)10-11-24(17)19(25)16-12-15(21-22-16)14-6-4-5-9-20-14/h4-9,12,17H,3,10-11H2,1-2H3,(H,21,22). The molecule has 0 fully saturated rings. The Morgan fingerprint density at radius 3 is 2.88 bits per heavy atom. The molecule has 1 atom stereocenters. The Morgan fingerprint density at radius 2 is 2.12 bits per heavy atom. The highest BCUT2D eigenvalue weighted by atomic mass is 16.2. The molecule has 6 heteroatoms. The van der Waals surface area contributed by atoms with E-state index in [2.05, 4.69) is 45.7 Å². The largest absolute Gasteiger partial charge is 0.345 e. The molecule has 0 saturated carbocycles. The van der Waals surface area contributed by atoms with Gasteiger partial charge in [-0.25, -0.2) is 0 Å². The van der Waals surface area contributed by atoms with Crippen LogP contribution in [0.15, 0.2) is 42.6 Å². The molecule has 0 aromatic carbocycles. The molecule has 1 N–H and O–H groups in total. The van der Waals surface area contributed by atoms with Gasteiger partial charge in [0.15, 0.2) is 0 Å². The zero-order valence-electron chi connectivity index (χ0n) is 14.4. The number of aryl methyl sites for hydroxylation is 1. The number of carbonyl (C=O) groups excluding carboxylic acids is 1. The minimum absolute atomic E-state index is 0.00775. The third-order valence-corrected chi connectivity index (χ3v) is 4.90. The van der Waals surface area contributed by atoms with Crippen LogP contribution in [0.1, 0.15) is 41.3 Å². The predicted molar refractivity (Wildman–Crippen MR) is 95.1 cm³/mol. The number of pyridine rings is 1. The molecule has 0 bridgehead atoms. The van der Waals surface area contributed by atoms with Gasteiger partial charge in [-0.05, 0) is 43.7 Å². The molecular formula is C19H21N5O. The highest BCUT2D eigenvalue weighted by Gasteiger charge is 2.31. The topological polar surface area (TPSA) is 66.8 Å². The molecule has 25 heavy (non-hydrogen) atoms. The van der Waals surface area contributed by atoms with Gasteiger partial charge in [0.25, 0.3) is 5.91 Å². The number of carbonyl (C=O) groups is 1. The molecule has 0 spiro atoms. The molecule has 4 heterocycles. The van der Waals surface area contributed by atoms with Gasteiger partial charge in [-0.1, -0.05) is 13.0 Å². The zero-order valence-corrected chi connectivity index (χ0v) is 14.4. The van der Waals surface area contributed by atoms with Crippen LogP contribution in [-0.2, 0) is 6.54 Å². The van der Waals surface area contributed by atoms with Crippen LogP contribution in [-0.4, -0.2) is 37.1 Å². The molecule has 1 aliphatic rings. The Bertz CT molecular complexity index is 896. The third kappa shape index (κ3) is 2.63. The van der Waals surface area contributed by atoms with Crippen molar-refractivity contribution in [3.63, 3.8) is 0 Å². The molecule has 1 amide bonds. The molecule has 128 valence electrons. The first-order valence-corrected chi connectivity index (χ1v) is 8.63. The van der Waals surface area contributed by atoms with E-state index in [4.69, 9.17) is 0 Å². The first-order chi connectivity index (χ1) is 12.2. The summed E-state index contributed by atoms with van der Waals surface area (Å²) < 4.78 is 2.31. The highest BCUT2D eigenvalue weighted by Crippen LogP contribution is 2.31. The second-order valence-electron chi connectivity index (χ2n) is 6.36. The molecule has 3 aromatic heterocycles. The summed E-state index contributed by atoms with van der Waals surface area (Å²) >= 11 is 0. The molecule has 6 nitrogen and oxygen atoms in total. The van der Waals surface area contributed by atoms with Crippen molar-refractivity contribution in [2.45, 2.75) is 32.9 Å². The number of H-pyrrole nitrogens is 1. The summed E-state index contributed by atoms with van der Waals surface area (Å²) in [5.41, 5.74) is 4.42. The number of hydrogen-bond donors (Lipinski definition) is 1. The van der Waals surface area contributed by atoms with Crippen LogP contribution in [0.25, 0.3) is 11.4 Å². The Labute approximate surface area is 146 Å². The molecule has 0 radical (unpaired) electrons. The number of aromatic amines is 1. The number of hydrogen-bond acceptors (Lipinski definition) is 3. The van der Waals surface area contributed by atoms with Gasteiger partial charge in [0.05, 0.1) is 11.7 Å². The molecule has 0 aliphatic carbocycles. The number of amides is 1. The second kappa shape index (κ2) is 6.20. The molecule has 4 rings (SSSR count). The summed E-state index contributed by atoms with van der Waals surface area (Å²) in [6, 6.07) is 11.8. The number of nitrogens with zero attached hydrogens (tertiary/aromatic N) is 4. The Morgan fingerprint density at radius 1 is 1.24 bits per heavy atom. The van der Waals surface area contributed by atoms with Crippen molar-refractivity contribution in [2.24, 2.45) is 0 Å². The Kier molecular flexibility index (Phi) is 3.87. The SMILES string of the molecule is CCC1c2ccc(C)n2CCN1C(=O)c1cc(-c2ccccn2)n[nH]1. The van der Waals surface area contributed by atoms with Gasteiger partial charge in [-0.3, -0.25) is 14.9 Å². The van der Waals surface area contributed by atoms with E-state index in [9.17, 15) is 4.79 Å². The van der Waals surface area contributed by atoms with Crippen molar-refractivity contribution in [3.05, 3.63) is 59.7 Å². The summed E-state index contributed by atoms with van der Waals surface area (Å²) in [7, 11) is 0. The van der Waals surface area contributed by atoms with Crippen LogP contribution in [0.2, 0.25) is 0 Å². The van der Waals surface area contributed by atoms with Gasteiger partial charge >= 0.3 is 0 Å². The minimum Gasteiger partial charge on any atom is -0.345 e. The first kappa shape index (κ1) is 15.6. The number of nitrogens with one attached hydrogen (secondary N) is 1. The summed E-state index contributed by atoms with van der Waals surface area (Å²) in [5, 5.41) is 7.15. The second-order valence-corrected chi connectivity index (χ2v) is 6.36. The molecule has 3 aromatic rings. The summed E-state index contributed by atoms with van der Waals surface area (Å²) in [6.45, 7) is 5.77. The lowest BCUT2D eigenvalue weighted by atomic mass is 10.1. The zero-order chi connectivity index (χ0) is 17.4. The minimum atomic E-state index is -0.00775. The lowest BCUT2D eigenvalue weighted by Crippen LogP contribution is -2.42. The Balaban J connectivity index is 1.62. The lowest BCUT2D eigenvalue weighted by Gasteiger charge is -2.36. The molecule has 0 saturated heterocycles. The van der Waals surface area contributed by atoms with Crippen molar-refractivity contribution >= 4 is 5.91 Å². The normalized spacial score (nSPS) is 16.7. The van der Waals surface area contributed by atoms with Crippen molar-refractivity contribution in [3.8, 4) is 11.4 Å². The highest BCUT2D eigenvalue weighted by molar-refractivity contribution is 5.93. The maximum absolute atomic E-state index is 13.1. The average molecular weight is 335 g/mol. The van der Waals surface area contributed by atoms with E-state index in [0.29, 0.717) is 17.9 Å². The van der Waals surface area contributed by atoms with Gasteiger partial charge in [0.2, 0.25) is 0 Å². The summed E-state index contributed by atoms with van der Waals surface area (Å²) in [4.78, 5) is 19.3. The third-order valence-electron chi connectivity index (χ3n) is 4.90. The van der Waals surface area contributed by atoms with Crippen molar-refractivity contribution in [2.75, 3.05) is 6.54 Å². The van der Waals surface area contributed by atoms with E-state index in [0.717, 1.165) is 18.7 Å². The Hall–Kier alpha value is -2.89. The van der Waals surface area contributed by atoms with Crippen molar-refractivity contribution in [1.82, 2.24) is 24.6 Å². The average Bonchev–Trinajstić information content (AvgIpc) is 3.29. The van der Waals surface area contributed by atoms with Crippen molar-refractivity contribution < 1.29 is 4.79 Å². The molecule has 1 unspecified atom stereocenters. The van der Waals surface area contributed by atoms with Gasteiger partial charge in [-0.2, -0.15) is 5.10 Å². The smallest absolute Gasteiger partial charge is 0.272 e. The van der Waals surface area contributed by atoms with Crippen LogP contribution in [0.4, 0.5) is 0 Å². The van der Waals surface area contributed by atoms with Gasteiger partial charge in [0, 0.05) is 30.7 Å². The van der Waals surface area contributed by atoms with E-state index in [1.54, 1.807) is 12.3 Å². The molecular weight excluding hydrogens is 314 g/mol. The van der Waals surface area contributed by atoms with E-state index in [1.165, 1.54) is 11.4 Å². The lowest BCUT2D eigenvalue weighted by molar-refractivity contribution is 0.0610. The van der Waals surface area contributed by atoms with Crippen molar-refractivity contribution in [1.29, 1.82) is 0 Å². The predicted octanol–water partition coefficient (Wildman–Crippen LogP) is 3.19. The first-order valence-electron chi connectivity index (χ1n) is 8.63. The fourth-order valence-electron chi connectivity index (χ4n) is 3.61. The number of rotatable bonds is 3. The van der Waals surface area contributed by atoms with Crippen LogP contribution in [0.3, 0.4) is 0 Å². The molecule has 1 aliphatic heterocycles. The fourth-order valence-corrected chi connectivity index (χ4v) is 3.61. The summed E-state index contributed by atoms with van der Waals surface area (Å²) in [5.74, 6) is -0.00775. The quantitative estimate of drug-likeness (QED) is 0.799. The van der Waals surface area contributed by atoms with Crippen LogP contribution >= 0.6 is 0 Å². The summed E-state index contributed by atoms with van der Waals surface area (Å²) in [6.07, 6.45) is 2.61. The van der Waals surface area contributed by atoms with Crippen LogP contribution in [0, 0.1) is 6.92 Å².